The van der Waals surface area contributed by atoms with Crippen molar-refractivity contribution in [2.24, 2.45) is 0 Å². The molecule has 2 saturated heterocycles. The van der Waals surface area contributed by atoms with Gasteiger partial charge >= 0.3 is 0 Å². The van der Waals surface area contributed by atoms with E-state index in [0.717, 1.165) is 38.8 Å². The number of aryl methyl sites for hydroxylation is 1. The van der Waals surface area contributed by atoms with Gasteiger partial charge in [0.25, 0.3) is 0 Å². The van der Waals surface area contributed by atoms with E-state index in [1.807, 2.05) is 0 Å². The van der Waals surface area contributed by atoms with Crippen LogP contribution in [-0.2, 0) is 4.79 Å². The number of benzene rings is 1. The lowest BCUT2D eigenvalue weighted by Gasteiger charge is -2.32. The smallest absolute Gasteiger partial charge is 0.241 e. The van der Waals surface area contributed by atoms with E-state index in [-0.39, 0.29) is 17.5 Å². The van der Waals surface area contributed by atoms with Crippen LogP contribution < -0.4 is 5.32 Å². The highest BCUT2D eigenvalue weighted by Gasteiger charge is 2.50. The van der Waals surface area contributed by atoms with Crippen LogP contribution in [0.25, 0.3) is 0 Å². The molecule has 1 atom stereocenters. The van der Waals surface area contributed by atoms with Crippen LogP contribution >= 0.6 is 0 Å². The average molecular weight is 286 g/mol. The van der Waals surface area contributed by atoms with Gasteiger partial charge in [-0.05, 0) is 76.2 Å². The third-order valence-electron chi connectivity index (χ3n) is 5.53. The third-order valence-corrected chi connectivity index (χ3v) is 5.53. The van der Waals surface area contributed by atoms with Crippen molar-refractivity contribution < 1.29 is 4.79 Å². The fourth-order valence-electron chi connectivity index (χ4n) is 4.13. The highest BCUT2D eigenvalue weighted by molar-refractivity contribution is 5.87. The largest absolute Gasteiger partial charge is 0.348 e. The molecule has 21 heavy (non-hydrogen) atoms. The zero-order chi connectivity index (χ0) is 15.0. The first-order chi connectivity index (χ1) is 10.0. The Labute approximate surface area is 127 Å². The molecule has 1 aromatic rings. The monoisotopic (exact) mass is 286 g/mol. The molecule has 2 fully saturated rings. The summed E-state index contributed by atoms with van der Waals surface area (Å²) in [6.45, 7) is 8.55. The molecule has 0 radical (unpaired) electrons. The van der Waals surface area contributed by atoms with Crippen molar-refractivity contribution in [2.45, 2.75) is 58.0 Å². The second kappa shape index (κ2) is 5.45. The van der Waals surface area contributed by atoms with E-state index in [1.165, 1.54) is 16.7 Å². The second-order valence-electron chi connectivity index (χ2n) is 6.71. The maximum absolute atomic E-state index is 12.9. The summed E-state index contributed by atoms with van der Waals surface area (Å²) in [5.74, 6) is 0.242. The molecule has 3 nitrogen and oxygen atoms in total. The number of nitrogens with zero attached hydrogens (tertiary/aromatic N) is 1. The first-order valence-corrected chi connectivity index (χ1v) is 8.17. The highest BCUT2D eigenvalue weighted by Crippen LogP contribution is 2.39. The highest BCUT2D eigenvalue weighted by atomic mass is 16.2. The number of carbonyl (C=O) groups excluding carboxylic acids is 1. The Balaban J connectivity index is 1.77. The molecule has 1 amide bonds. The SMILES string of the molecule is Cc1cccc([C@@H](C)NC(=O)C23CCCN2CCC3)c1C. The summed E-state index contributed by atoms with van der Waals surface area (Å²) in [4.78, 5) is 15.3. The number of fused-ring (bicyclic) bond motifs is 1. The molecular weight excluding hydrogens is 260 g/mol. The molecule has 2 heterocycles. The van der Waals surface area contributed by atoms with E-state index in [0.29, 0.717) is 0 Å². The van der Waals surface area contributed by atoms with E-state index in [2.05, 4.69) is 49.2 Å². The molecule has 2 aliphatic heterocycles. The summed E-state index contributed by atoms with van der Waals surface area (Å²) in [7, 11) is 0. The predicted molar refractivity (Wildman–Crippen MR) is 85.2 cm³/mol. The van der Waals surface area contributed by atoms with Gasteiger partial charge in [0, 0.05) is 0 Å². The summed E-state index contributed by atoms with van der Waals surface area (Å²) in [6, 6.07) is 6.42. The van der Waals surface area contributed by atoms with Gasteiger partial charge in [-0.15, -0.1) is 0 Å². The minimum Gasteiger partial charge on any atom is -0.348 e. The Morgan fingerprint density at radius 2 is 1.90 bits per heavy atom. The van der Waals surface area contributed by atoms with Crippen molar-refractivity contribution in [1.29, 1.82) is 0 Å². The molecule has 0 unspecified atom stereocenters. The lowest BCUT2D eigenvalue weighted by molar-refractivity contribution is -0.131. The number of amides is 1. The lowest BCUT2D eigenvalue weighted by atomic mass is 9.91. The summed E-state index contributed by atoms with van der Waals surface area (Å²) in [5.41, 5.74) is 3.61. The van der Waals surface area contributed by atoms with Gasteiger partial charge in [0.05, 0.1) is 6.04 Å². The maximum Gasteiger partial charge on any atom is 0.241 e. The summed E-state index contributed by atoms with van der Waals surface area (Å²) in [6.07, 6.45) is 4.37. The predicted octanol–water partition coefficient (Wildman–Crippen LogP) is 3.11. The van der Waals surface area contributed by atoms with E-state index in [9.17, 15) is 4.79 Å². The molecule has 1 aromatic carbocycles. The van der Waals surface area contributed by atoms with Crippen molar-refractivity contribution >= 4 is 5.91 Å². The fourth-order valence-corrected chi connectivity index (χ4v) is 4.13. The van der Waals surface area contributed by atoms with Gasteiger partial charge < -0.3 is 5.32 Å². The number of nitrogens with one attached hydrogen (secondary N) is 1. The summed E-state index contributed by atoms with van der Waals surface area (Å²) >= 11 is 0. The topological polar surface area (TPSA) is 32.3 Å². The van der Waals surface area contributed by atoms with Crippen molar-refractivity contribution in [1.82, 2.24) is 10.2 Å². The van der Waals surface area contributed by atoms with Crippen molar-refractivity contribution in [2.75, 3.05) is 13.1 Å². The molecule has 114 valence electrons. The van der Waals surface area contributed by atoms with Crippen molar-refractivity contribution in [3.8, 4) is 0 Å². The Hall–Kier alpha value is -1.35. The van der Waals surface area contributed by atoms with Crippen LogP contribution in [0.2, 0.25) is 0 Å². The molecule has 0 spiro atoms. The maximum atomic E-state index is 12.9. The number of hydrogen-bond acceptors (Lipinski definition) is 2. The van der Waals surface area contributed by atoms with Crippen LogP contribution in [0, 0.1) is 13.8 Å². The minimum absolute atomic E-state index is 0.0785. The van der Waals surface area contributed by atoms with Crippen LogP contribution in [0.1, 0.15) is 55.3 Å². The Kier molecular flexibility index (Phi) is 3.78. The summed E-state index contributed by atoms with van der Waals surface area (Å²) < 4.78 is 0. The van der Waals surface area contributed by atoms with E-state index < -0.39 is 0 Å². The van der Waals surface area contributed by atoms with Gasteiger partial charge in [-0.3, -0.25) is 9.69 Å². The first-order valence-electron chi connectivity index (χ1n) is 8.17. The van der Waals surface area contributed by atoms with Crippen LogP contribution in [0.5, 0.6) is 0 Å². The molecule has 3 rings (SSSR count). The minimum atomic E-state index is -0.202. The lowest BCUT2D eigenvalue weighted by Crippen LogP contribution is -2.52. The molecule has 0 aliphatic carbocycles. The van der Waals surface area contributed by atoms with E-state index in [4.69, 9.17) is 0 Å². The molecular formula is C18H26N2O. The zero-order valence-corrected chi connectivity index (χ0v) is 13.4. The number of carbonyl (C=O) groups is 1. The van der Waals surface area contributed by atoms with Crippen LogP contribution in [0.3, 0.4) is 0 Å². The third kappa shape index (κ3) is 2.38. The number of rotatable bonds is 3. The van der Waals surface area contributed by atoms with Gasteiger partial charge in [0.2, 0.25) is 5.91 Å². The van der Waals surface area contributed by atoms with Crippen molar-refractivity contribution in [3.63, 3.8) is 0 Å². The van der Waals surface area contributed by atoms with Crippen molar-refractivity contribution in [3.05, 3.63) is 34.9 Å². The van der Waals surface area contributed by atoms with E-state index >= 15 is 0 Å². The molecule has 0 aromatic heterocycles. The van der Waals surface area contributed by atoms with Crippen LogP contribution in [0.4, 0.5) is 0 Å². The van der Waals surface area contributed by atoms with Gasteiger partial charge in [-0.2, -0.15) is 0 Å². The Morgan fingerprint density at radius 3 is 2.57 bits per heavy atom. The van der Waals surface area contributed by atoms with E-state index in [1.54, 1.807) is 0 Å². The van der Waals surface area contributed by atoms with Crippen LogP contribution in [0.15, 0.2) is 18.2 Å². The quantitative estimate of drug-likeness (QED) is 0.926. The first kappa shape index (κ1) is 14.6. The van der Waals surface area contributed by atoms with Gasteiger partial charge in [-0.25, -0.2) is 0 Å². The molecule has 0 bridgehead atoms. The fraction of sp³-hybridized carbons (Fsp3) is 0.611. The standard InChI is InChI=1S/C18H26N2O/c1-13-7-4-8-16(14(13)2)15(3)19-17(21)18-9-5-11-20(18)12-6-10-18/h4,7-8,15H,5-6,9-12H2,1-3H3,(H,19,21)/t15-/m1/s1. The molecule has 3 heteroatoms. The second-order valence-corrected chi connectivity index (χ2v) is 6.71. The van der Waals surface area contributed by atoms with Crippen LogP contribution in [-0.4, -0.2) is 29.4 Å². The zero-order valence-electron chi connectivity index (χ0n) is 13.4. The molecule has 2 aliphatic rings. The summed E-state index contributed by atoms with van der Waals surface area (Å²) in [5, 5.41) is 3.29. The Morgan fingerprint density at radius 1 is 1.24 bits per heavy atom. The number of hydrogen-bond donors (Lipinski definition) is 1. The average Bonchev–Trinajstić information content (AvgIpc) is 3.01. The van der Waals surface area contributed by atoms with Gasteiger partial charge in [-0.1, -0.05) is 18.2 Å². The molecule has 0 saturated carbocycles. The van der Waals surface area contributed by atoms with Gasteiger partial charge in [0.15, 0.2) is 0 Å². The normalized spacial score (nSPS) is 22.0. The Bertz CT molecular complexity index is 542. The van der Waals surface area contributed by atoms with Gasteiger partial charge in [0.1, 0.15) is 5.54 Å². The molecule has 1 N–H and O–H groups in total.